The monoisotopic (exact) mass is 440 g/mol. The molecular formula is C22H24N4O6. The molecule has 0 aliphatic carbocycles. The van der Waals surface area contributed by atoms with E-state index >= 15 is 0 Å². The number of carbonyl (C=O) groups excluding carboxylic acids is 2. The van der Waals surface area contributed by atoms with Crippen LogP contribution in [-0.2, 0) is 4.74 Å². The number of methoxy groups -OCH3 is 1. The fourth-order valence-corrected chi connectivity index (χ4v) is 2.63. The Balaban J connectivity index is 1.76. The minimum Gasteiger partial charge on any atom is -0.493 e. The third-order valence-corrected chi connectivity index (χ3v) is 4.20. The third-order valence-electron chi connectivity index (χ3n) is 4.20. The molecule has 32 heavy (non-hydrogen) atoms. The van der Waals surface area contributed by atoms with Crippen LogP contribution in [-0.4, -0.2) is 41.0 Å². The number of carbonyl (C=O) groups is 2. The predicted molar refractivity (Wildman–Crippen MR) is 113 cm³/mol. The molecular weight excluding hydrogens is 416 g/mol. The Morgan fingerprint density at radius 3 is 2.53 bits per heavy atom. The van der Waals surface area contributed by atoms with E-state index in [4.69, 9.17) is 18.6 Å². The lowest BCUT2D eigenvalue weighted by atomic mass is 10.2. The molecule has 0 fully saturated rings. The highest BCUT2D eigenvalue weighted by atomic mass is 16.7. The molecule has 0 spiro atoms. The number of rotatable bonds is 8. The molecule has 0 saturated heterocycles. The molecule has 2 heterocycles. The Kier molecular flexibility index (Phi) is 7.37. The largest absolute Gasteiger partial charge is 0.514 e. The number of benzene rings is 1. The van der Waals surface area contributed by atoms with E-state index in [-0.39, 0.29) is 35.6 Å². The Morgan fingerprint density at radius 1 is 1.09 bits per heavy atom. The lowest BCUT2D eigenvalue weighted by Crippen LogP contribution is -2.28. The predicted octanol–water partition coefficient (Wildman–Crippen LogP) is 3.80. The van der Waals surface area contributed by atoms with Gasteiger partial charge in [-0.3, -0.25) is 4.79 Å². The Bertz CT molecular complexity index is 1070. The highest BCUT2D eigenvalue weighted by molar-refractivity contribution is 5.96. The first-order chi connectivity index (χ1) is 15.4. The van der Waals surface area contributed by atoms with Gasteiger partial charge in [-0.1, -0.05) is 32.0 Å². The number of hydrogen-bond donors (Lipinski definition) is 1. The maximum absolute atomic E-state index is 12.9. The first kappa shape index (κ1) is 22.7. The smallest absolute Gasteiger partial charge is 0.493 e. The lowest BCUT2D eigenvalue weighted by molar-refractivity contribution is 0.0851. The van der Waals surface area contributed by atoms with Gasteiger partial charge < -0.3 is 23.9 Å². The van der Waals surface area contributed by atoms with E-state index in [0.717, 1.165) is 5.56 Å². The maximum atomic E-state index is 12.9. The minimum absolute atomic E-state index is 0.122. The first-order valence-corrected chi connectivity index (χ1v) is 9.96. The first-order valence-electron chi connectivity index (χ1n) is 9.96. The summed E-state index contributed by atoms with van der Waals surface area (Å²) >= 11 is 0. The van der Waals surface area contributed by atoms with Crippen molar-refractivity contribution in [2.75, 3.05) is 13.7 Å². The molecule has 1 aromatic carbocycles. The van der Waals surface area contributed by atoms with Crippen molar-refractivity contribution in [3.05, 3.63) is 54.2 Å². The molecule has 3 rings (SSSR count). The van der Waals surface area contributed by atoms with Crippen molar-refractivity contribution >= 4 is 12.1 Å². The van der Waals surface area contributed by atoms with E-state index < -0.39 is 18.1 Å². The number of hydrogen-bond acceptors (Lipinski definition) is 9. The summed E-state index contributed by atoms with van der Waals surface area (Å²) in [6, 6.07) is 10.1. The molecule has 0 aliphatic rings. The van der Waals surface area contributed by atoms with Gasteiger partial charge in [0.2, 0.25) is 17.5 Å². The number of nitrogens with one attached hydrogen (secondary N) is 1. The van der Waals surface area contributed by atoms with Crippen molar-refractivity contribution in [1.29, 1.82) is 0 Å². The lowest BCUT2D eigenvalue weighted by Gasteiger charge is -2.15. The molecule has 1 amide bonds. The number of ether oxygens (including phenoxy) is 3. The molecule has 0 saturated carbocycles. The standard InChI is InChI=1S/C22H24N4O6/c1-13(2)12-30-22(28)31-18-16(29-4)10-11-23-17(18)19(27)24-14(3)20-25-26-21(32-20)15-8-6-5-7-9-15/h5-11,13-14H,12H2,1-4H3,(H,24,27)/t14-/m0/s1. The van der Waals surface area contributed by atoms with Crippen molar-refractivity contribution in [3.63, 3.8) is 0 Å². The number of nitrogens with zero attached hydrogens (tertiary/aromatic N) is 3. The van der Waals surface area contributed by atoms with E-state index in [2.05, 4.69) is 20.5 Å². The normalized spacial score (nSPS) is 11.7. The van der Waals surface area contributed by atoms with Gasteiger partial charge in [0.05, 0.1) is 13.7 Å². The molecule has 10 nitrogen and oxygen atoms in total. The van der Waals surface area contributed by atoms with Crippen LogP contribution >= 0.6 is 0 Å². The van der Waals surface area contributed by atoms with Gasteiger partial charge in [-0.05, 0) is 25.0 Å². The van der Waals surface area contributed by atoms with Crippen molar-refractivity contribution in [3.8, 4) is 23.0 Å². The van der Waals surface area contributed by atoms with Crippen LogP contribution in [0.4, 0.5) is 4.79 Å². The molecule has 3 aromatic rings. The Hall–Kier alpha value is -3.95. The number of amides is 1. The second-order valence-electron chi connectivity index (χ2n) is 7.25. The van der Waals surface area contributed by atoms with Crippen LogP contribution in [0.25, 0.3) is 11.5 Å². The van der Waals surface area contributed by atoms with Crippen molar-refractivity contribution < 1.29 is 28.2 Å². The molecule has 0 aliphatic heterocycles. The zero-order valence-electron chi connectivity index (χ0n) is 18.2. The van der Waals surface area contributed by atoms with Crippen LogP contribution in [0, 0.1) is 5.92 Å². The number of aromatic nitrogens is 3. The van der Waals surface area contributed by atoms with Crippen molar-refractivity contribution in [2.45, 2.75) is 26.8 Å². The zero-order chi connectivity index (χ0) is 23.1. The van der Waals surface area contributed by atoms with Crippen molar-refractivity contribution in [1.82, 2.24) is 20.5 Å². The van der Waals surface area contributed by atoms with E-state index in [0.29, 0.717) is 5.89 Å². The van der Waals surface area contributed by atoms with E-state index in [1.807, 2.05) is 44.2 Å². The van der Waals surface area contributed by atoms with Gasteiger partial charge >= 0.3 is 6.16 Å². The fraction of sp³-hybridized carbons (Fsp3) is 0.318. The van der Waals surface area contributed by atoms with Gasteiger partial charge in [0.15, 0.2) is 11.4 Å². The SMILES string of the molecule is COc1ccnc(C(=O)N[C@@H](C)c2nnc(-c3ccccc3)o2)c1OC(=O)OCC(C)C. The fourth-order valence-electron chi connectivity index (χ4n) is 2.63. The second-order valence-corrected chi connectivity index (χ2v) is 7.25. The van der Waals surface area contributed by atoms with Gasteiger partial charge in [0, 0.05) is 17.8 Å². The molecule has 168 valence electrons. The second kappa shape index (κ2) is 10.4. The molecule has 0 bridgehead atoms. The maximum Gasteiger partial charge on any atom is 0.514 e. The summed E-state index contributed by atoms with van der Waals surface area (Å²) in [6.07, 6.45) is 0.404. The van der Waals surface area contributed by atoms with Gasteiger partial charge in [-0.2, -0.15) is 0 Å². The molecule has 10 heteroatoms. The van der Waals surface area contributed by atoms with Gasteiger partial charge in [-0.15, -0.1) is 10.2 Å². The van der Waals surface area contributed by atoms with Crippen LogP contribution in [0.15, 0.2) is 47.0 Å². The van der Waals surface area contributed by atoms with Crippen LogP contribution in [0.1, 0.15) is 43.2 Å². The Morgan fingerprint density at radius 2 is 1.84 bits per heavy atom. The highest BCUT2D eigenvalue weighted by Gasteiger charge is 2.25. The summed E-state index contributed by atoms with van der Waals surface area (Å²) < 4.78 is 21.1. The van der Waals surface area contributed by atoms with Gasteiger partial charge in [0.1, 0.15) is 6.04 Å². The summed E-state index contributed by atoms with van der Waals surface area (Å²) in [7, 11) is 1.38. The summed E-state index contributed by atoms with van der Waals surface area (Å²) in [4.78, 5) is 29.0. The van der Waals surface area contributed by atoms with Crippen LogP contribution in [0.2, 0.25) is 0 Å². The van der Waals surface area contributed by atoms with Crippen LogP contribution in [0.5, 0.6) is 11.5 Å². The van der Waals surface area contributed by atoms with Crippen LogP contribution < -0.4 is 14.8 Å². The molecule has 2 aromatic heterocycles. The minimum atomic E-state index is -0.962. The summed E-state index contributed by atoms with van der Waals surface area (Å²) in [6.45, 7) is 5.62. The summed E-state index contributed by atoms with van der Waals surface area (Å²) in [5, 5.41) is 10.7. The molecule has 0 radical (unpaired) electrons. The molecule has 0 unspecified atom stereocenters. The van der Waals surface area contributed by atoms with E-state index in [1.165, 1.54) is 19.4 Å². The van der Waals surface area contributed by atoms with Gasteiger partial charge in [0.25, 0.3) is 5.91 Å². The summed E-state index contributed by atoms with van der Waals surface area (Å²) in [5.74, 6) is 0.0455. The average molecular weight is 440 g/mol. The highest BCUT2D eigenvalue weighted by Crippen LogP contribution is 2.30. The average Bonchev–Trinajstić information content (AvgIpc) is 3.29. The molecule has 1 N–H and O–H groups in total. The van der Waals surface area contributed by atoms with E-state index in [9.17, 15) is 9.59 Å². The van der Waals surface area contributed by atoms with Crippen LogP contribution in [0.3, 0.4) is 0 Å². The van der Waals surface area contributed by atoms with E-state index in [1.54, 1.807) is 6.92 Å². The topological polar surface area (TPSA) is 126 Å². The molecule has 1 atom stereocenters. The quantitative estimate of drug-likeness (QED) is 0.520. The zero-order valence-corrected chi connectivity index (χ0v) is 18.2. The third kappa shape index (κ3) is 5.60. The van der Waals surface area contributed by atoms with Crippen molar-refractivity contribution in [2.24, 2.45) is 5.92 Å². The Labute approximate surface area is 184 Å². The van der Waals surface area contributed by atoms with Gasteiger partial charge in [-0.25, -0.2) is 9.78 Å². The number of pyridine rings is 1. The summed E-state index contributed by atoms with van der Waals surface area (Å²) in [5.41, 5.74) is 0.607.